The van der Waals surface area contributed by atoms with E-state index in [2.05, 4.69) is 0 Å². The van der Waals surface area contributed by atoms with Crippen molar-refractivity contribution in [1.29, 1.82) is 0 Å². The zero-order chi connectivity index (χ0) is 17.6. The van der Waals surface area contributed by atoms with Gasteiger partial charge in [0.15, 0.2) is 0 Å². The molecule has 5 atom stereocenters. The van der Waals surface area contributed by atoms with Crippen molar-refractivity contribution in [1.82, 2.24) is 0 Å². The number of esters is 1. The topological polar surface area (TPSA) is 126 Å². The first-order valence-corrected chi connectivity index (χ1v) is 7.75. The molecule has 5 unspecified atom stereocenters. The maximum atomic E-state index is 11.9. The fraction of sp³-hybridized carbons (Fsp3) is 0.533. The molecule has 0 saturated carbocycles. The van der Waals surface area contributed by atoms with Crippen LogP contribution in [-0.4, -0.2) is 63.7 Å². The molecule has 9 heteroatoms. The Bertz CT molecular complexity index is 663. The number of hydrogen-bond acceptors (Lipinski definition) is 8. The predicted molar refractivity (Wildman–Crippen MR) is 80.1 cm³/mol. The average molecular weight is 361 g/mol. The first-order valence-electron chi connectivity index (χ1n) is 7.38. The van der Waals surface area contributed by atoms with E-state index in [1.54, 1.807) is 6.92 Å². The zero-order valence-electron chi connectivity index (χ0n) is 12.7. The van der Waals surface area contributed by atoms with E-state index < -0.39 is 43.3 Å². The summed E-state index contributed by atoms with van der Waals surface area (Å²) >= 11 is 6.27. The second-order valence-corrected chi connectivity index (χ2v) is 6.18. The summed E-state index contributed by atoms with van der Waals surface area (Å²) in [6, 6.07) is 1.12. The smallest absolute Gasteiger partial charge is 0.342 e. The summed E-state index contributed by atoms with van der Waals surface area (Å²) in [5.74, 6) is -1.06. The molecule has 8 nitrogen and oxygen atoms in total. The van der Waals surface area contributed by atoms with Gasteiger partial charge in [-0.05, 0) is 12.5 Å². The number of aliphatic hydroxyl groups is 3. The van der Waals surface area contributed by atoms with Crippen molar-refractivity contribution >= 4 is 17.6 Å². The van der Waals surface area contributed by atoms with Crippen LogP contribution in [-0.2, 0) is 15.9 Å². The molecule has 3 rings (SSSR count). The van der Waals surface area contributed by atoms with E-state index in [1.807, 2.05) is 0 Å². The zero-order valence-corrected chi connectivity index (χ0v) is 13.4. The minimum Gasteiger partial charge on any atom is -0.507 e. The number of phenolic OH excluding ortho intramolecular Hbond substituents is 1. The van der Waals surface area contributed by atoms with Gasteiger partial charge in [-0.25, -0.2) is 4.79 Å². The summed E-state index contributed by atoms with van der Waals surface area (Å²) in [5.41, 5.74) is 0.355. The van der Waals surface area contributed by atoms with E-state index in [4.69, 9.17) is 30.9 Å². The fourth-order valence-corrected chi connectivity index (χ4v) is 3.11. The molecule has 2 heterocycles. The Morgan fingerprint density at radius 1 is 1.38 bits per heavy atom. The lowest BCUT2D eigenvalue weighted by atomic mass is 9.97. The Hall–Kier alpha value is -1.58. The number of rotatable bonds is 3. The second kappa shape index (κ2) is 6.38. The van der Waals surface area contributed by atoms with Crippen molar-refractivity contribution in [2.75, 3.05) is 6.61 Å². The van der Waals surface area contributed by atoms with E-state index in [0.29, 0.717) is 12.0 Å². The van der Waals surface area contributed by atoms with Crippen LogP contribution in [0.15, 0.2) is 6.07 Å². The Morgan fingerprint density at radius 2 is 2.08 bits per heavy atom. The number of aromatic hydroxyl groups is 1. The molecular weight excluding hydrogens is 344 g/mol. The minimum absolute atomic E-state index is 0.00958. The van der Waals surface area contributed by atoms with Gasteiger partial charge in [-0.2, -0.15) is 0 Å². The van der Waals surface area contributed by atoms with Crippen LogP contribution < -0.4 is 4.74 Å². The van der Waals surface area contributed by atoms with Crippen molar-refractivity contribution in [3.05, 3.63) is 22.2 Å². The number of phenols is 1. The fourth-order valence-electron chi connectivity index (χ4n) is 2.84. The first kappa shape index (κ1) is 17.2. The van der Waals surface area contributed by atoms with Crippen LogP contribution >= 0.6 is 11.6 Å². The highest BCUT2D eigenvalue weighted by Crippen LogP contribution is 2.41. The normalized spacial score (nSPS) is 32.4. The standard InChI is InChI=1S/C15H17ClO8/c1-5-2-6-10(14(21)22-5)7(18)3-8(11(6)16)23-15-13(20)12(19)9(4-17)24-15/h3,5,9,12-13,15,17-20H,2,4H2,1H3. The molecule has 2 aliphatic rings. The Balaban J connectivity index is 1.92. The van der Waals surface area contributed by atoms with Gasteiger partial charge in [-0.1, -0.05) is 11.6 Å². The van der Waals surface area contributed by atoms with Crippen molar-refractivity contribution in [2.45, 2.75) is 44.1 Å². The molecule has 1 aromatic rings. The van der Waals surface area contributed by atoms with Gasteiger partial charge in [0, 0.05) is 12.5 Å². The van der Waals surface area contributed by atoms with Crippen LogP contribution in [0.1, 0.15) is 22.8 Å². The molecular formula is C15H17ClO8. The molecule has 0 aromatic heterocycles. The van der Waals surface area contributed by atoms with Crippen molar-refractivity contribution < 1.29 is 39.4 Å². The van der Waals surface area contributed by atoms with Crippen molar-refractivity contribution in [3.8, 4) is 11.5 Å². The number of benzene rings is 1. The third-order valence-corrected chi connectivity index (χ3v) is 4.47. The maximum absolute atomic E-state index is 11.9. The van der Waals surface area contributed by atoms with Gasteiger partial charge in [0.2, 0.25) is 6.29 Å². The Labute approximate surface area is 142 Å². The molecule has 2 aliphatic heterocycles. The number of fused-ring (bicyclic) bond motifs is 1. The van der Waals surface area contributed by atoms with Gasteiger partial charge in [0.25, 0.3) is 0 Å². The largest absolute Gasteiger partial charge is 0.507 e. The van der Waals surface area contributed by atoms with E-state index in [0.717, 1.165) is 6.07 Å². The maximum Gasteiger partial charge on any atom is 0.342 e. The van der Waals surface area contributed by atoms with Crippen molar-refractivity contribution in [3.63, 3.8) is 0 Å². The lowest BCUT2D eigenvalue weighted by molar-refractivity contribution is -0.116. The van der Waals surface area contributed by atoms with Crippen LogP contribution in [0.25, 0.3) is 0 Å². The number of carbonyl (C=O) groups excluding carboxylic acids is 1. The number of ether oxygens (including phenoxy) is 3. The molecule has 0 aliphatic carbocycles. The van der Waals surface area contributed by atoms with Gasteiger partial charge < -0.3 is 34.6 Å². The van der Waals surface area contributed by atoms with E-state index in [9.17, 15) is 20.1 Å². The van der Waals surface area contributed by atoms with Gasteiger partial charge in [0.05, 0.1) is 11.6 Å². The summed E-state index contributed by atoms with van der Waals surface area (Å²) in [6.07, 6.45) is -5.11. The van der Waals surface area contributed by atoms with Crippen LogP contribution in [0.4, 0.5) is 0 Å². The molecule has 1 aromatic carbocycles. The van der Waals surface area contributed by atoms with E-state index in [-0.39, 0.29) is 22.1 Å². The predicted octanol–water partition coefficient (Wildman–Crippen LogP) is -0.0352. The van der Waals surface area contributed by atoms with Gasteiger partial charge in [0.1, 0.15) is 41.5 Å². The van der Waals surface area contributed by atoms with Crippen LogP contribution in [0.2, 0.25) is 5.02 Å². The molecule has 1 saturated heterocycles. The Morgan fingerprint density at radius 3 is 2.71 bits per heavy atom. The monoisotopic (exact) mass is 360 g/mol. The molecule has 132 valence electrons. The third-order valence-electron chi connectivity index (χ3n) is 4.05. The molecule has 4 N–H and O–H groups in total. The van der Waals surface area contributed by atoms with Crippen molar-refractivity contribution in [2.24, 2.45) is 0 Å². The molecule has 0 amide bonds. The highest BCUT2D eigenvalue weighted by Gasteiger charge is 2.44. The Kier molecular flexibility index (Phi) is 4.58. The summed E-state index contributed by atoms with van der Waals surface area (Å²) in [7, 11) is 0. The van der Waals surface area contributed by atoms with E-state index in [1.165, 1.54) is 0 Å². The summed E-state index contributed by atoms with van der Waals surface area (Å²) < 4.78 is 15.7. The SMILES string of the molecule is CC1Cc2c(Cl)c(OC3OC(CO)C(O)C3O)cc(O)c2C(=O)O1. The molecule has 24 heavy (non-hydrogen) atoms. The molecule has 1 fully saturated rings. The highest BCUT2D eigenvalue weighted by atomic mass is 35.5. The number of carbonyl (C=O) groups is 1. The highest BCUT2D eigenvalue weighted by molar-refractivity contribution is 6.33. The van der Waals surface area contributed by atoms with Crippen LogP contribution in [0.5, 0.6) is 11.5 Å². The van der Waals surface area contributed by atoms with Crippen LogP contribution in [0.3, 0.4) is 0 Å². The quantitative estimate of drug-likeness (QED) is 0.553. The number of cyclic esters (lactones) is 1. The third kappa shape index (κ3) is 2.80. The van der Waals surface area contributed by atoms with Crippen LogP contribution in [0, 0.1) is 0 Å². The minimum atomic E-state index is -1.40. The lowest BCUT2D eigenvalue weighted by Gasteiger charge is -2.25. The molecule has 0 bridgehead atoms. The number of halogens is 1. The number of hydrogen-bond donors (Lipinski definition) is 4. The number of aliphatic hydroxyl groups excluding tert-OH is 3. The summed E-state index contributed by atoms with van der Waals surface area (Å²) in [5, 5.41) is 38.9. The average Bonchev–Trinajstić information content (AvgIpc) is 2.79. The molecule has 0 radical (unpaired) electrons. The molecule has 0 spiro atoms. The second-order valence-electron chi connectivity index (χ2n) is 5.81. The van der Waals surface area contributed by atoms with Gasteiger partial charge in [-0.3, -0.25) is 0 Å². The summed E-state index contributed by atoms with van der Waals surface area (Å²) in [4.78, 5) is 11.9. The summed E-state index contributed by atoms with van der Waals surface area (Å²) in [6.45, 7) is 1.19. The first-order chi connectivity index (χ1) is 11.3. The van der Waals surface area contributed by atoms with Gasteiger partial charge in [-0.15, -0.1) is 0 Å². The van der Waals surface area contributed by atoms with E-state index >= 15 is 0 Å². The van der Waals surface area contributed by atoms with Gasteiger partial charge >= 0.3 is 5.97 Å². The lowest BCUT2D eigenvalue weighted by Crippen LogP contribution is -2.35.